The number of alkyl halides is 3. The third-order valence-electron chi connectivity index (χ3n) is 7.80. The van der Waals surface area contributed by atoms with Crippen LogP contribution in [0.25, 0.3) is 0 Å². The molecule has 4 aliphatic rings. The number of carbonyl (C=O) groups excluding carboxylic acids is 4. The van der Waals surface area contributed by atoms with E-state index in [1.54, 1.807) is 4.90 Å². The van der Waals surface area contributed by atoms with Crippen molar-refractivity contribution in [2.75, 3.05) is 13.1 Å². The molecule has 5 amide bonds. The molecule has 33 heavy (non-hydrogen) atoms. The van der Waals surface area contributed by atoms with E-state index in [0.717, 1.165) is 12.8 Å². The highest BCUT2D eigenvalue weighted by Gasteiger charge is 2.48. The number of carbonyl (C=O) groups is 4. The molecule has 0 radical (unpaired) electrons. The first-order valence-corrected chi connectivity index (χ1v) is 11.9. The van der Waals surface area contributed by atoms with Crippen molar-refractivity contribution in [3.05, 3.63) is 0 Å². The van der Waals surface area contributed by atoms with Crippen LogP contribution in [0.5, 0.6) is 0 Å². The van der Waals surface area contributed by atoms with Crippen molar-refractivity contribution in [3.63, 3.8) is 0 Å². The minimum atomic E-state index is -4.17. The lowest BCUT2D eigenvalue weighted by Crippen LogP contribution is -2.53. The third-order valence-corrected chi connectivity index (χ3v) is 7.80. The van der Waals surface area contributed by atoms with Gasteiger partial charge in [0.25, 0.3) is 0 Å². The molecule has 2 saturated carbocycles. The zero-order chi connectivity index (χ0) is 23.8. The molecule has 0 aromatic heterocycles. The van der Waals surface area contributed by atoms with E-state index in [0.29, 0.717) is 38.8 Å². The van der Waals surface area contributed by atoms with Crippen LogP contribution in [0.1, 0.15) is 57.8 Å². The fourth-order valence-electron chi connectivity index (χ4n) is 5.88. The molecule has 4 unspecified atom stereocenters. The summed E-state index contributed by atoms with van der Waals surface area (Å²) >= 11 is 0. The standard InChI is InChI=1S/C22H31F3N4O4/c23-22(24,25)14-3-5-15(6-4-14)27-21(33)26-10-12-1-2-13-11-29(20(32)16(13)9-12)17-7-8-18(30)28-19(17)31/h12-17H,1-11H2,(H2,26,27,33)(H,28,30,31). The summed E-state index contributed by atoms with van der Waals surface area (Å²) in [4.78, 5) is 50.4. The fourth-order valence-corrected chi connectivity index (χ4v) is 5.88. The van der Waals surface area contributed by atoms with E-state index < -0.39 is 24.0 Å². The van der Waals surface area contributed by atoms with Crippen LogP contribution < -0.4 is 16.0 Å². The van der Waals surface area contributed by atoms with Gasteiger partial charge in [0.1, 0.15) is 6.04 Å². The first-order valence-electron chi connectivity index (χ1n) is 11.9. The maximum Gasteiger partial charge on any atom is 0.391 e. The van der Waals surface area contributed by atoms with Crippen molar-refractivity contribution in [2.45, 2.75) is 76.0 Å². The van der Waals surface area contributed by atoms with Gasteiger partial charge in [-0.2, -0.15) is 13.2 Å². The monoisotopic (exact) mass is 472 g/mol. The second-order valence-electron chi connectivity index (χ2n) is 9.95. The van der Waals surface area contributed by atoms with Gasteiger partial charge in [0.05, 0.1) is 5.92 Å². The summed E-state index contributed by atoms with van der Waals surface area (Å²) in [5, 5.41) is 7.91. The fraction of sp³-hybridized carbons (Fsp3) is 0.818. The number of rotatable bonds is 4. The number of nitrogens with one attached hydrogen (secondary N) is 3. The van der Waals surface area contributed by atoms with Gasteiger partial charge in [-0.1, -0.05) is 0 Å². The first-order chi connectivity index (χ1) is 15.6. The Morgan fingerprint density at radius 3 is 2.42 bits per heavy atom. The average Bonchev–Trinajstić information content (AvgIpc) is 3.08. The van der Waals surface area contributed by atoms with Crippen LogP contribution in [0.15, 0.2) is 0 Å². The highest BCUT2D eigenvalue weighted by atomic mass is 19.4. The molecule has 0 aromatic rings. The molecule has 2 heterocycles. The maximum absolute atomic E-state index is 13.0. The van der Waals surface area contributed by atoms with Gasteiger partial charge in [-0.05, 0) is 63.2 Å². The van der Waals surface area contributed by atoms with Crippen LogP contribution in [0, 0.1) is 23.7 Å². The molecule has 184 valence electrons. The van der Waals surface area contributed by atoms with Gasteiger partial charge in [-0.25, -0.2) is 4.79 Å². The van der Waals surface area contributed by atoms with Gasteiger partial charge >= 0.3 is 12.2 Å². The molecule has 0 aromatic carbocycles. The second-order valence-corrected chi connectivity index (χ2v) is 9.95. The van der Waals surface area contributed by atoms with Crippen molar-refractivity contribution in [1.29, 1.82) is 0 Å². The van der Waals surface area contributed by atoms with Crippen molar-refractivity contribution in [3.8, 4) is 0 Å². The number of imide groups is 1. The SMILES string of the molecule is O=C1CCC(N2CC3CCC(CNC(=O)NC4CCC(C(F)(F)F)CC4)CC3C2=O)C(=O)N1. The Labute approximate surface area is 190 Å². The number of halogens is 3. The number of hydrogen-bond acceptors (Lipinski definition) is 4. The van der Waals surface area contributed by atoms with Crippen LogP contribution in [0.3, 0.4) is 0 Å². The Morgan fingerprint density at radius 2 is 1.76 bits per heavy atom. The zero-order valence-electron chi connectivity index (χ0n) is 18.5. The summed E-state index contributed by atoms with van der Waals surface area (Å²) in [6.07, 6.45) is -0.574. The van der Waals surface area contributed by atoms with E-state index in [2.05, 4.69) is 16.0 Å². The van der Waals surface area contributed by atoms with Crippen LogP contribution in [-0.4, -0.2) is 60.0 Å². The number of likely N-dealkylation sites (tertiary alicyclic amines) is 1. The lowest BCUT2D eigenvalue weighted by Gasteiger charge is -2.31. The van der Waals surface area contributed by atoms with Crippen LogP contribution in [0.2, 0.25) is 0 Å². The highest BCUT2D eigenvalue weighted by molar-refractivity contribution is 6.02. The molecule has 2 aliphatic carbocycles. The van der Waals surface area contributed by atoms with Crippen LogP contribution in [-0.2, 0) is 14.4 Å². The number of amides is 5. The Balaban J connectivity index is 1.21. The molecule has 4 rings (SSSR count). The third kappa shape index (κ3) is 5.43. The summed E-state index contributed by atoms with van der Waals surface area (Å²) in [5.74, 6) is -1.92. The molecule has 8 nitrogen and oxygen atoms in total. The van der Waals surface area contributed by atoms with E-state index in [9.17, 15) is 32.3 Å². The van der Waals surface area contributed by atoms with Crippen molar-refractivity contribution in [1.82, 2.24) is 20.9 Å². The van der Waals surface area contributed by atoms with Gasteiger partial charge in [0.15, 0.2) is 0 Å². The largest absolute Gasteiger partial charge is 0.391 e. The molecule has 0 spiro atoms. The Hall–Kier alpha value is -2.33. The summed E-state index contributed by atoms with van der Waals surface area (Å²) < 4.78 is 38.3. The number of fused-ring (bicyclic) bond motifs is 1. The Morgan fingerprint density at radius 1 is 1.03 bits per heavy atom. The van der Waals surface area contributed by atoms with Crippen LogP contribution >= 0.6 is 0 Å². The number of nitrogens with zero attached hydrogens (tertiary/aromatic N) is 1. The van der Waals surface area contributed by atoms with E-state index in [1.807, 2.05) is 0 Å². The average molecular weight is 473 g/mol. The lowest BCUT2D eigenvalue weighted by atomic mass is 9.75. The normalized spacial score (nSPS) is 35.1. The quantitative estimate of drug-likeness (QED) is 0.545. The Kier molecular flexibility index (Phi) is 6.86. The Bertz CT molecular complexity index is 797. The smallest absolute Gasteiger partial charge is 0.338 e. The van der Waals surface area contributed by atoms with E-state index >= 15 is 0 Å². The minimum Gasteiger partial charge on any atom is -0.338 e. The molecule has 4 fully saturated rings. The zero-order valence-corrected chi connectivity index (χ0v) is 18.5. The van der Waals surface area contributed by atoms with Crippen LogP contribution in [0.4, 0.5) is 18.0 Å². The second kappa shape index (κ2) is 9.50. The summed E-state index contributed by atoms with van der Waals surface area (Å²) in [5.41, 5.74) is 0. The molecular weight excluding hydrogens is 441 g/mol. The minimum absolute atomic E-state index is 0.0337. The number of piperidine rings is 1. The lowest BCUT2D eigenvalue weighted by molar-refractivity contribution is -0.182. The van der Waals surface area contributed by atoms with Crippen molar-refractivity contribution in [2.24, 2.45) is 23.7 Å². The van der Waals surface area contributed by atoms with Gasteiger partial charge in [0.2, 0.25) is 17.7 Å². The summed E-state index contributed by atoms with van der Waals surface area (Å²) in [6.45, 7) is 0.926. The summed E-state index contributed by atoms with van der Waals surface area (Å²) in [6, 6.07) is -1.22. The molecular formula is C22H31F3N4O4. The van der Waals surface area contributed by atoms with E-state index in [4.69, 9.17) is 0 Å². The van der Waals surface area contributed by atoms with Gasteiger partial charge in [-0.15, -0.1) is 0 Å². The first kappa shape index (κ1) is 23.8. The molecule has 2 aliphatic heterocycles. The summed E-state index contributed by atoms with van der Waals surface area (Å²) in [7, 11) is 0. The number of hydrogen-bond donors (Lipinski definition) is 3. The van der Waals surface area contributed by atoms with Crippen molar-refractivity contribution < 1.29 is 32.3 Å². The van der Waals surface area contributed by atoms with Gasteiger partial charge in [0, 0.05) is 31.5 Å². The molecule has 2 saturated heterocycles. The van der Waals surface area contributed by atoms with E-state index in [1.165, 1.54) is 0 Å². The molecule has 11 heteroatoms. The highest BCUT2D eigenvalue weighted by Crippen LogP contribution is 2.41. The molecule has 0 bridgehead atoms. The number of urea groups is 1. The molecule has 3 N–H and O–H groups in total. The molecule has 4 atom stereocenters. The maximum atomic E-state index is 13.0. The predicted octanol–water partition coefficient (Wildman–Crippen LogP) is 2.09. The topological polar surface area (TPSA) is 108 Å². The van der Waals surface area contributed by atoms with E-state index in [-0.39, 0.29) is 60.9 Å². The van der Waals surface area contributed by atoms with Crippen molar-refractivity contribution >= 4 is 23.8 Å². The van der Waals surface area contributed by atoms with Gasteiger partial charge < -0.3 is 15.5 Å². The predicted molar refractivity (Wildman–Crippen MR) is 111 cm³/mol. The van der Waals surface area contributed by atoms with Gasteiger partial charge in [-0.3, -0.25) is 19.7 Å².